The van der Waals surface area contributed by atoms with Gasteiger partial charge in [-0.25, -0.2) is 4.98 Å². The first-order valence-electron chi connectivity index (χ1n) is 10.2. The number of aliphatic hydroxyl groups excluding tert-OH is 1. The molecular weight excluding hydrogens is 386 g/mol. The second-order valence-corrected chi connectivity index (χ2v) is 7.21. The Bertz CT molecular complexity index is 1130. The average molecular weight is 409 g/mol. The molecule has 1 amide bonds. The molecule has 2 N–H and O–H groups in total. The van der Waals surface area contributed by atoms with E-state index in [-0.39, 0.29) is 18.9 Å². The Kier molecular flexibility index (Phi) is 6.45. The molecule has 5 heteroatoms. The zero-order chi connectivity index (χ0) is 21.5. The largest absolute Gasteiger partial charge is 0.382 e. The van der Waals surface area contributed by atoms with Gasteiger partial charge in [-0.05, 0) is 11.1 Å². The van der Waals surface area contributed by atoms with Crippen LogP contribution in [0.25, 0.3) is 11.3 Å². The first-order valence-corrected chi connectivity index (χ1v) is 10.2. The van der Waals surface area contributed by atoms with Gasteiger partial charge in [0, 0.05) is 5.56 Å². The number of benzene rings is 3. The van der Waals surface area contributed by atoms with Crippen LogP contribution in [0.3, 0.4) is 0 Å². The van der Waals surface area contributed by atoms with Gasteiger partial charge in [-0.15, -0.1) is 0 Å². The van der Waals surface area contributed by atoms with Gasteiger partial charge in [-0.2, -0.15) is 0 Å². The topological polar surface area (TPSA) is 75.1 Å². The molecule has 1 unspecified atom stereocenters. The molecule has 0 aliphatic rings. The molecule has 4 aromatic rings. The first kappa shape index (κ1) is 20.4. The first-order chi connectivity index (χ1) is 15.2. The lowest BCUT2D eigenvalue weighted by Crippen LogP contribution is -2.26. The van der Waals surface area contributed by atoms with Crippen LogP contribution < -0.4 is 5.32 Å². The minimum Gasteiger partial charge on any atom is -0.382 e. The summed E-state index contributed by atoms with van der Waals surface area (Å²) in [6.45, 7) is 0.187. The fourth-order valence-corrected chi connectivity index (χ4v) is 3.35. The van der Waals surface area contributed by atoms with Crippen LogP contribution in [-0.2, 0) is 17.8 Å². The highest BCUT2D eigenvalue weighted by molar-refractivity contribution is 5.78. The third-order valence-corrected chi connectivity index (χ3v) is 4.98. The van der Waals surface area contributed by atoms with Crippen molar-refractivity contribution in [3.05, 3.63) is 120 Å². The summed E-state index contributed by atoms with van der Waals surface area (Å²) in [6, 6.07) is 28.6. The Hall–Kier alpha value is -3.83. The smallest absolute Gasteiger partial charge is 0.224 e. The minimum atomic E-state index is -0.946. The SMILES string of the molecule is O=C(Cc1ccccc1)NCc1ncc(-c2ccccc2)nc1C(O)c1ccccc1. The summed E-state index contributed by atoms with van der Waals surface area (Å²) in [7, 11) is 0. The Morgan fingerprint density at radius 1 is 0.871 bits per heavy atom. The standard InChI is InChI=1S/C26H23N3O2/c30-24(16-19-10-4-1-5-11-19)28-18-23-25(26(31)21-14-8-3-9-15-21)29-22(17-27-23)20-12-6-2-7-13-20/h1-15,17,26,31H,16,18H2,(H,28,30). The normalized spacial score (nSPS) is 11.6. The minimum absolute atomic E-state index is 0.111. The Balaban J connectivity index is 1.59. The number of hydrogen-bond acceptors (Lipinski definition) is 4. The molecule has 154 valence electrons. The molecule has 3 aromatic carbocycles. The summed E-state index contributed by atoms with van der Waals surface area (Å²) in [5.74, 6) is -0.111. The number of amides is 1. The number of carbonyl (C=O) groups excluding carboxylic acids is 1. The van der Waals surface area contributed by atoms with Gasteiger partial charge >= 0.3 is 0 Å². The van der Waals surface area contributed by atoms with E-state index in [1.165, 1.54) is 0 Å². The third-order valence-electron chi connectivity index (χ3n) is 4.98. The molecule has 0 bridgehead atoms. The van der Waals surface area contributed by atoms with Crippen LogP contribution >= 0.6 is 0 Å². The number of aromatic nitrogens is 2. The molecule has 5 nitrogen and oxygen atoms in total. The number of aliphatic hydroxyl groups is 1. The van der Waals surface area contributed by atoms with Crippen molar-refractivity contribution in [2.45, 2.75) is 19.1 Å². The molecule has 1 heterocycles. The van der Waals surface area contributed by atoms with E-state index in [0.29, 0.717) is 17.1 Å². The van der Waals surface area contributed by atoms with Gasteiger partial charge in [0.2, 0.25) is 5.91 Å². The fraction of sp³-hybridized carbons (Fsp3) is 0.115. The molecule has 0 aliphatic heterocycles. The predicted molar refractivity (Wildman–Crippen MR) is 120 cm³/mol. The Morgan fingerprint density at radius 2 is 1.48 bits per heavy atom. The molecule has 31 heavy (non-hydrogen) atoms. The molecular formula is C26H23N3O2. The zero-order valence-electron chi connectivity index (χ0n) is 17.0. The Labute approximate surface area is 181 Å². The second-order valence-electron chi connectivity index (χ2n) is 7.21. The maximum absolute atomic E-state index is 12.4. The summed E-state index contributed by atoms with van der Waals surface area (Å²) in [4.78, 5) is 21.7. The molecule has 0 fully saturated rings. The van der Waals surface area contributed by atoms with Crippen LogP contribution in [0.1, 0.15) is 28.6 Å². The molecule has 0 aliphatic carbocycles. The highest BCUT2D eigenvalue weighted by Crippen LogP contribution is 2.25. The molecule has 1 aromatic heterocycles. The molecule has 0 saturated heterocycles. The maximum atomic E-state index is 12.4. The van der Waals surface area contributed by atoms with Crippen LogP contribution in [0.5, 0.6) is 0 Å². The molecule has 1 atom stereocenters. The van der Waals surface area contributed by atoms with Crippen LogP contribution in [0.4, 0.5) is 0 Å². The van der Waals surface area contributed by atoms with E-state index in [0.717, 1.165) is 16.7 Å². The van der Waals surface area contributed by atoms with Gasteiger partial charge < -0.3 is 10.4 Å². The van der Waals surface area contributed by atoms with Crippen molar-refractivity contribution < 1.29 is 9.90 Å². The molecule has 4 rings (SSSR count). The second kappa shape index (κ2) is 9.78. The summed E-state index contributed by atoms with van der Waals surface area (Å²) in [5, 5.41) is 13.9. The lowest BCUT2D eigenvalue weighted by molar-refractivity contribution is -0.120. The quantitative estimate of drug-likeness (QED) is 0.482. The highest BCUT2D eigenvalue weighted by Gasteiger charge is 2.19. The van der Waals surface area contributed by atoms with Crippen LogP contribution in [-0.4, -0.2) is 21.0 Å². The van der Waals surface area contributed by atoms with E-state index in [9.17, 15) is 9.90 Å². The lowest BCUT2D eigenvalue weighted by Gasteiger charge is -2.16. The van der Waals surface area contributed by atoms with E-state index >= 15 is 0 Å². The number of carbonyl (C=O) groups is 1. The van der Waals surface area contributed by atoms with Crippen LogP contribution in [0.2, 0.25) is 0 Å². The number of nitrogens with one attached hydrogen (secondary N) is 1. The van der Waals surface area contributed by atoms with E-state index in [4.69, 9.17) is 4.98 Å². The average Bonchev–Trinajstić information content (AvgIpc) is 2.84. The van der Waals surface area contributed by atoms with Crippen molar-refractivity contribution in [1.82, 2.24) is 15.3 Å². The summed E-state index contributed by atoms with van der Waals surface area (Å²) in [6.07, 6.45) is 1.01. The lowest BCUT2D eigenvalue weighted by atomic mass is 10.0. The molecule has 0 spiro atoms. The summed E-state index contributed by atoms with van der Waals surface area (Å²) < 4.78 is 0. The van der Waals surface area contributed by atoms with Crippen LogP contribution in [0, 0.1) is 0 Å². The van der Waals surface area contributed by atoms with Crippen molar-refractivity contribution in [3.8, 4) is 11.3 Å². The number of hydrogen-bond donors (Lipinski definition) is 2. The zero-order valence-corrected chi connectivity index (χ0v) is 17.0. The van der Waals surface area contributed by atoms with Crippen molar-refractivity contribution in [2.75, 3.05) is 0 Å². The van der Waals surface area contributed by atoms with Crippen LogP contribution in [0.15, 0.2) is 97.2 Å². The Morgan fingerprint density at radius 3 is 2.16 bits per heavy atom. The maximum Gasteiger partial charge on any atom is 0.224 e. The van der Waals surface area contributed by atoms with E-state index < -0.39 is 6.10 Å². The van der Waals surface area contributed by atoms with Gasteiger partial charge in [0.1, 0.15) is 6.10 Å². The van der Waals surface area contributed by atoms with Crippen molar-refractivity contribution >= 4 is 5.91 Å². The number of rotatable bonds is 7. The van der Waals surface area contributed by atoms with Crippen molar-refractivity contribution in [1.29, 1.82) is 0 Å². The fourth-order valence-electron chi connectivity index (χ4n) is 3.35. The highest BCUT2D eigenvalue weighted by atomic mass is 16.3. The van der Waals surface area contributed by atoms with Gasteiger partial charge in [-0.1, -0.05) is 91.0 Å². The number of nitrogens with zero attached hydrogens (tertiary/aromatic N) is 2. The molecule has 0 radical (unpaired) electrons. The van der Waals surface area contributed by atoms with Gasteiger partial charge in [0.25, 0.3) is 0 Å². The van der Waals surface area contributed by atoms with Crippen molar-refractivity contribution in [2.24, 2.45) is 0 Å². The van der Waals surface area contributed by atoms with E-state index in [1.54, 1.807) is 6.20 Å². The van der Waals surface area contributed by atoms with Gasteiger partial charge in [0.05, 0.1) is 36.2 Å². The summed E-state index contributed by atoms with van der Waals surface area (Å²) >= 11 is 0. The van der Waals surface area contributed by atoms with E-state index in [1.807, 2.05) is 91.0 Å². The van der Waals surface area contributed by atoms with E-state index in [2.05, 4.69) is 10.3 Å². The van der Waals surface area contributed by atoms with Gasteiger partial charge in [-0.3, -0.25) is 9.78 Å². The predicted octanol–water partition coefficient (Wildman–Crippen LogP) is 4.08. The monoisotopic (exact) mass is 409 g/mol. The van der Waals surface area contributed by atoms with Crippen molar-refractivity contribution in [3.63, 3.8) is 0 Å². The molecule has 0 saturated carbocycles. The third kappa shape index (κ3) is 5.21. The van der Waals surface area contributed by atoms with Gasteiger partial charge in [0.15, 0.2) is 0 Å². The summed E-state index contributed by atoms with van der Waals surface area (Å²) in [5.41, 5.74) is 4.22.